The number of hydrogen-bond acceptors (Lipinski definition) is 5. The lowest BCUT2D eigenvalue weighted by Gasteiger charge is -2.39. The van der Waals surface area contributed by atoms with E-state index in [0.717, 1.165) is 18.8 Å². The summed E-state index contributed by atoms with van der Waals surface area (Å²) in [6, 6.07) is 1.56. The largest absolute Gasteiger partial charge is 0.392 e. The van der Waals surface area contributed by atoms with Crippen molar-refractivity contribution in [2.24, 2.45) is 5.73 Å². The van der Waals surface area contributed by atoms with Crippen molar-refractivity contribution in [3.8, 4) is 0 Å². The highest BCUT2D eigenvalue weighted by Gasteiger charge is 2.27. The standard InChI is InChI=1S/C12H18N4O2S/c1-12(2)8-15(3-4-18-12)9-5-11(17)16(14-6-9)7-10(13)19/h5-6H,3-4,7-8H2,1-2H3,(H2,13,19). The molecule has 2 heterocycles. The molecule has 0 amide bonds. The molecule has 1 aliphatic rings. The molecule has 0 unspecified atom stereocenters. The van der Waals surface area contributed by atoms with Gasteiger partial charge in [-0.25, -0.2) is 4.68 Å². The topological polar surface area (TPSA) is 73.4 Å². The third-order valence-corrected chi connectivity index (χ3v) is 3.08. The molecule has 0 spiro atoms. The molecule has 1 saturated heterocycles. The van der Waals surface area contributed by atoms with Gasteiger partial charge in [0, 0.05) is 19.2 Å². The Morgan fingerprint density at radius 1 is 1.63 bits per heavy atom. The molecular weight excluding hydrogens is 264 g/mol. The average molecular weight is 282 g/mol. The number of thiocarbonyl (C=S) groups is 1. The minimum atomic E-state index is -0.216. The van der Waals surface area contributed by atoms with Gasteiger partial charge in [-0.1, -0.05) is 12.2 Å². The van der Waals surface area contributed by atoms with Crippen LogP contribution in [0.3, 0.4) is 0 Å². The predicted molar refractivity (Wildman–Crippen MR) is 77.5 cm³/mol. The number of anilines is 1. The van der Waals surface area contributed by atoms with Gasteiger partial charge in [-0.15, -0.1) is 0 Å². The minimum absolute atomic E-state index is 0.170. The maximum Gasteiger partial charge on any atom is 0.269 e. The fourth-order valence-corrected chi connectivity index (χ4v) is 2.22. The first-order valence-electron chi connectivity index (χ1n) is 6.12. The third-order valence-electron chi connectivity index (χ3n) is 2.95. The molecule has 19 heavy (non-hydrogen) atoms. The van der Waals surface area contributed by atoms with Gasteiger partial charge in [-0.05, 0) is 13.8 Å². The molecule has 2 rings (SSSR count). The van der Waals surface area contributed by atoms with E-state index in [9.17, 15) is 4.79 Å². The fraction of sp³-hybridized carbons (Fsp3) is 0.583. The van der Waals surface area contributed by atoms with Crippen molar-refractivity contribution < 1.29 is 4.74 Å². The van der Waals surface area contributed by atoms with Crippen LogP contribution in [0, 0.1) is 0 Å². The smallest absolute Gasteiger partial charge is 0.269 e. The van der Waals surface area contributed by atoms with Crippen LogP contribution in [0.5, 0.6) is 0 Å². The van der Waals surface area contributed by atoms with Crippen molar-refractivity contribution in [1.82, 2.24) is 9.78 Å². The molecule has 6 nitrogen and oxygen atoms in total. The zero-order chi connectivity index (χ0) is 14.0. The molecule has 1 aromatic rings. The van der Waals surface area contributed by atoms with Gasteiger partial charge in [0.15, 0.2) is 0 Å². The lowest BCUT2D eigenvalue weighted by Crippen LogP contribution is -2.48. The van der Waals surface area contributed by atoms with Crippen molar-refractivity contribution in [2.45, 2.75) is 26.0 Å². The average Bonchev–Trinajstić information content (AvgIpc) is 2.30. The van der Waals surface area contributed by atoms with Gasteiger partial charge in [0.2, 0.25) is 0 Å². The van der Waals surface area contributed by atoms with E-state index < -0.39 is 0 Å². The van der Waals surface area contributed by atoms with Gasteiger partial charge in [0.05, 0.1) is 35.6 Å². The Balaban J connectivity index is 2.20. The molecule has 1 aromatic heterocycles. The molecule has 1 aliphatic heterocycles. The zero-order valence-electron chi connectivity index (χ0n) is 11.1. The lowest BCUT2D eigenvalue weighted by molar-refractivity contribution is -0.0277. The van der Waals surface area contributed by atoms with Gasteiger partial charge in [0.1, 0.15) is 0 Å². The Kier molecular flexibility index (Phi) is 3.86. The summed E-state index contributed by atoms with van der Waals surface area (Å²) >= 11 is 4.78. The van der Waals surface area contributed by atoms with E-state index >= 15 is 0 Å². The molecule has 0 bridgehead atoms. The lowest BCUT2D eigenvalue weighted by atomic mass is 10.1. The quantitative estimate of drug-likeness (QED) is 0.795. The van der Waals surface area contributed by atoms with Crippen LogP contribution in [0.15, 0.2) is 17.1 Å². The van der Waals surface area contributed by atoms with Crippen LogP contribution < -0.4 is 16.2 Å². The highest BCUT2D eigenvalue weighted by Crippen LogP contribution is 2.21. The van der Waals surface area contributed by atoms with E-state index in [1.807, 2.05) is 13.8 Å². The Morgan fingerprint density at radius 2 is 2.37 bits per heavy atom. The number of hydrogen-bond donors (Lipinski definition) is 1. The monoisotopic (exact) mass is 282 g/mol. The number of ether oxygens (including phenoxy) is 1. The van der Waals surface area contributed by atoms with Crippen molar-refractivity contribution in [2.75, 3.05) is 24.6 Å². The Bertz CT molecular complexity index is 541. The first kappa shape index (κ1) is 14.0. The Morgan fingerprint density at radius 3 is 2.95 bits per heavy atom. The van der Waals surface area contributed by atoms with Gasteiger partial charge in [-0.3, -0.25) is 4.79 Å². The van der Waals surface area contributed by atoms with Crippen LogP contribution in [-0.4, -0.2) is 40.1 Å². The second kappa shape index (κ2) is 5.26. The van der Waals surface area contributed by atoms with Crippen LogP contribution in [0.1, 0.15) is 13.8 Å². The molecule has 0 saturated carbocycles. The number of aromatic nitrogens is 2. The molecule has 0 aromatic carbocycles. The van der Waals surface area contributed by atoms with Gasteiger partial charge in [-0.2, -0.15) is 5.10 Å². The van der Waals surface area contributed by atoms with E-state index in [1.54, 1.807) is 12.3 Å². The number of morpholine rings is 1. The SMILES string of the molecule is CC1(C)CN(c2cnn(CC(N)=S)c(=O)c2)CCO1. The Labute approximate surface area is 117 Å². The van der Waals surface area contributed by atoms with Gasteiger partial charge in [0.25, 0.3) is 5.56 Å². The maximum absolute atomic E-state index is 11.9. The summed E-state index contributed by atoms with van der Waals surface area (Å²) in [5, 5.41) is 4.10. The number of nitrogens with two attached hydrogens (primary N) is 1. The molecule has 0 atom stereocenters. The summed E-state index contributed by atoms with van der Waals surface area (Å²) in [5.74, 6) is 0. The highest BCUT2D eigenvalue weighted by atomic mass is 32.1. The van der Waals surface area contributed by atoms with E-state index in [4.69, 9.17) is 22.7 Å². The van der Waals surface area contributed by atoms with Crippen LogP contribution in [-0.2, 0) is 11.3 Å². The Hall–Kier alpha value is -1.47. The fourth-order valence-electron chi connectivity index (χ4n) is 2.10. The molecule has 2 N–H and O–H groups in total. The predicted octanol–water partition coefficient (Wildman–Crippen LogP) is 0.145. The van der Waals surface area contributed by atoms with Crippen LogP contribution in [0.2, 0.25) is 0 Å². The summed E-state index contributed by atoms with van der Waals surface area (Å²) in [5.41, 5.74) is 5.80. The van der Waals surface area contributed by atoms with Crippen LogP contribution >= 0.6 is 12.2 Å². The summed E-state index contributed by atoms with van der Waals surface area (Å²) in [6.45, 7) is 6.35. The second-order valence-corrected chi connectivity index (χ2v) is 5.73. The summed E-state index contributed by atoms with van der Waals surface area (Å²) in [6.07, 6.45) is 1.67. The zero-order valence-corrected chi connectivity index (χ0v) is 11.9. The van der Waals surface area contributed by atoms with Crippen molar-refractivity contribution >= 4 is 22.9 Å². The summed E-state index contributed by atoms with van der Waals surface area (Å²) < 4.78 is 6.91. The second-order valence-electron chi connectivity index (χ2n) is 5.21. The minimum Gasteiger partial charge on any atom is -0.392 e. The maximum atomic E-state index is 11.9. The summed E-state index contributed by atoms with van der Waals surface area (Å²) in [7, 11) is 0. The molecule has 0 radical (unpaired) electrons. The molecule has 7 heteroatoms. The van der Waals surface area contributed by atoms with Gasteiger partial charge < -0.3 is 15.4 Å². The molecule has 1 fully saturated rings. The van der Waals surface area contributed by atoms with E-state index in [1.165, 1.54) is 4.68 Å². The normalized spacial score (nSPS) is 18.3. The van der Waals surface area contributed by atoms with Crippen molar-refractivity contribution in [1.29, 1.82) is 0 Å². The van der Waals surface area contributed by atoms with Crippen molar-refractivity contribution in [3.63, 3.8) is 0 Å². The van der Waals surface area contributed by atoms with E-state index in [0.29, 0.717) is 6.61 Å². The van der Waals surface area contributed by atoms with Crippen LogP contribution in [0.25, 0.3) is 0 Å². The first-order valence-corrected chi connectivity index (χ1v) is 6.53. The highest BCUT2D eigenvalue weighted by molar-refractivity contribution is 7.80. The summed E-state index contributed by atoms with van der Waals surface area (Å²) in [4.78, 5) is 14.3. The molecule has 104 valence electrons. The molecule has 0 aliphatic carbocycles. The van der Waals surface area contributed by atoms with Crippen LogP contribution in [0.4, 0.5) is 5.69 Å². The van der Waals surface area contributed by atoms with Crippen molar-refractivity contribution in [3.05, 3.63) is 22.6 Å². The van der Waals surface area contributed by atoms with Gasteiger partial charge >= 0.3 is 0 Å². The third kappa shape index (κ3) is 3.51. The first-order chi connectivity index (χ1) is 8.87. The van der Waals surface area contributed by atoms with E-state index in [2.05, 4.69) is 10.00 Å². The number of rotatable bonds is 3. The van der Waals surface area contributed by atoms with E-state index in [-0.39, 0.29) is 22.7 Å². The number of nitrogens with zero attached hydrogens (tertiary/aromatic N) is 3. The molecular formula is C12H18N4O2S.